The van der Waals surface area contributed by atoms with E-state index in [4.69, 9.17) is 0 Å². The Balaban J connectivity index is 0.978. The zero-order valence-corrected chi connectivity index (χ0v) is 29.7. The first kappa shape index (κ1) is 30.0. The quantitative estimate of drug-likeness (QED) is 0.176. The van der Waals surface area contributed by atoms with Gasteiger partial charge in [0.15, 0.2) is 0 Å². The minimum atomic E-state index is -0.147. The number of benzene rings is 8. The summed E-state index contributed by atoms with van der Waals surface area (Å²) in [5.41, 5.74) is 17.5. The van der Waals surface area contributed by atoms with E-state index in [0.29, 0.717) is 0 Å². The van der Waals surface area contributed by atoms with Crippen molar-refractivity contribution in [2.45, 2.75) is 19.3 Å². The van der Waals surface area contributed by atoms with Crippen molar-refractivity contribution in [1.29, 1.82) is 0 Å². The van der Waals surface area contributed by atoms with Crippen LogP contribution in [0.3, 0.4) is 0 Å². The maximum atomic E-state index is 2.43. The van der Waals surface area contributed by atoms with Crippen molar-refractivity contribution in [2.24, 2.45) is 0 Å². The average molecular weight is 677 g/mol. The number of rotatable bonds is 4. The highest BCUT2D eigenvalue weighted by Gasteiger charge is 2.36. The number of hydrogen-bond donors (Lipinski definition) is 0. The maximum Gasteiger partial charge on any atom is 0.0541 e. The van der Waals surface area contributed by atoms with E-state index in [9.17, 15) is 0 Å². The fourth-order valence-corrected chi connectivity index (χ4v) is 9.15. The van der Waals surface area contributed by atoms with Crippen LogP contribution >= 0.6 is 0 Å². The van der Waals surface area contributed by atoms with Gasteiger partial charge in [-0.1, -0.05) is 135 Å². The fraction of sp³-hybridized carbons (Fsp3) is 0.0588. The number of aromatic nitrogens is 2. The molecule has 0 fully saturated rings. The molecule has 1 aliphatic carbocycles. The third kappa shape index (κ3) is 4.39. The lowest BCUT2D eigenvalue weighted by molar-refractivity contribution is 0.661. The molecule has 2 heteroatoms. The van der Waals surface area contributed by atoms with Gasteiger partial charge in [-0.3, -0.25) is 0 Å². The van der Waals surface area contributed by atoms with Gasteiger partial charge in [0.25, 0.3) is 0 Å². The standard InChI is InChI=1S/C51H36N2/c1-51(2)45-31-35(33-13-11-15-37(29-33)52-47-21-7-3-17-41(47)42-18-4-8-22-48(42)52)25-27-39(45)40-28-26-36(32-46(40)51)34-14-12-16-38(30-34)53-49-23-9-5-19-43(49)44-20-6-10-24-50(44)53/h3-32H,1-2H3. The molecule has 0 saturated carbocycles. The van der Waals surface area contributed by atoms with Gasteiger partial charge in [0.2, 0.25) is 0 Å². The molecular weight excluding hydrogens is 641 g/mol. The SMILES string of the molecule is CC1(C)c2cc(-c3cccc(-n4c5ccccc5c5ccccc54)c3)ccc2-c2ccc(-c3cccc(-n4c5ccccc5c5ccccc54)c3)cc21. The van der Waals surface area contributed by atoms with Crippen LogP contribution in [0.15, 0.2) is 182 Å². The Kier molecular flexibility index (Phi) is 6.33. The van der Waals surface area contributed by atoms with Crippen LogP contribution < -0.4 is 0 Å². The van der Waals surface area contributed by atoms with Gasteiger partial charge < -0.3 is 9.13 Å². The maximum absolute atomic E-state index is 2.43. The molecular formula is C51H36N2. The number of hydrogen-bond acceptors (Lipinski definition) is 0. The van der Waals surface area contributed by atoms with Crippen LogP contribution in [0.1, 0.15) is 25.0 Å². The van der Waals surface area contributed by atoms with Crippen LogP contribution in [0.5, 0.6) is 0 Å². The lowest BCUT2D eigenvalue weighted by Crippen LogP contribution is -2.15. The smallest absolute Gasteiger partial charge is 0.0541 e. The Hall–Kier alpha value is -6.64. The van der Waals surface area contributed by atoms with Gasteiger partial charge in [0.1, 0.15) is 0 Å². The first-order valence-corrected chi connectivity index (χ1v) is 18.5. The molecule has 0 aliphatic heterocycles. The summed E-state index contributed by atoms with van der Waals surface area (Å²) in [5, 5.41) is 5.12. The van der Waals surface area contributed by atoms with E-state index in [1.807, 2.05) is 0 Å². The van der Waals surface area contributed by atoms with E-state index in [1.165, 1.54) is 99.5 Å². The third-order valence-electron chi connectivity index (χ3n) is 11.7. The van der Waals surface area contributed by atoms with Gasteiger partial charge in [0, 0.05) is 38.3 Å². The highest BCUT2D eigenvalue weighted by Crippen LogP contribution is 2.51. The zero-order chi connectivity index (χ0) is 35.3. The Morgan fingerprint density at radius 2 is 0.660 bits per heavy atom. The van der Waals surface area contributed by atoms with Gasteiger partial charge in [-0.2, -0.15) is 0 Å². The molecule has 11 rings (SSSR count). The molecule has 10 aromatic rings. The highest BCUT2D eigenvalue weighted by atomic mass is 15.0. The highest BCUT2D eigenvalue weighted by molar-refractivity contribution is 6.10. The Morgan fingerprint density at radius 3 is 1.04 bits per heavy atom. The normalized spacial score (nSPS) is 13.2. The second-order valence-corrected chi connectivity index (χ2v) is 15.0. The summed E-state index contributed by atoms with van der Waals surface area (Å²) < 4.78 is 4.80. The second kappa shape index (κ2) is 11.2. The largest absolute Gasteiger partial charge is 0.309 e. The molecule has 0 amide bonds. The lowest BCUT2D eigenvalue weighted by atomic mass is 9.81. The zero-order valence-electron chi connectivity index (χ0n) is 29.7. The molecule has 2 nitrogen and oxygen atoms in total. The Labute approximate surface area is 308 Å². The average Bonchev–Trinajstić information content (AvgIpc) is 3.81. The van der Waals surface area contributed by atoms with E-state index in [-0.39, 0.29) is 5.41 Å². The molecule has 250 valence electrons. The first-order valence-electron chi connectivity index (χ1n) is 18.5. The van der Waals surface area contributed by atoms with E-state index in [0.717, 1.165) is 0 Å². The summed E-state index contributed by atoms with van der Waals surface area (Å²) >= 11 is 0. The summed E-state index contributed by atoms with van der Waals surface area (Å²) in [7, 11) is 0. The number of para-hydroxylation sites is 4. The molecule has 8 aromatic carbocycles. The molecule has 0 N–H and O–H groups in total. The second-order valence-electron chi connectivity index (χ2n) is 15.0. The summed E-state index contributed by atoms with van der Waals surface area (Å²) in [5.74, 6) is 0. The van der Waals surface area contributed by atoms with Crippen molar-refractivity contribution < 1.29 is 0 Å². The summed E-state index contributed by atoms with van der Waals surface area (Å²) in [4.78, 5) is 0. The van der Waals surface area contributed by atoms with Crippen LogP contribution in [0, 0.1) is 0 Å². The van der Waals surface area contributed by atoms with Crippen molar-refractivity contribution in [3.05, 3.63) is 193 Å². The summed E-state index contributed by atoms with van der Waals surface area (Å²) in [6, 6.07) is 67.1. The van der Waals surface area contributed by atoms with Crippen LogP contribution in [-0.2, 0) is 5.41 Å². The van der Waals surface area contributed by atoms with Crippen LogP contribution in [0.2, 0.25) is 0 Å². The Bertz CT molecular complexity index is 2780. The molecule has 0 unspecified atom stereocenters. The molecule has 1 aliphatic rings. The molecule has 2 aromatic heterocycles. The molecule has 0 saturated heterocycles. The van der Waals surface area contributed by atoms with Crippen molar-refractivity contribution in [3.63, 3.8) is 0 Å². The fourth-order valence-electron chi connectivity index (χ4n) is 9.15. The van der Waals surface area contributed by atoms with Gasteiger partial charge >= 0.3 is 0 Å². The van der Waals surface area contributed by atoms with E-state index >= 15 is 0 Å². The van der Waals surface area contributed by atoms with Crippen molar-refractivity contribution in [2.75, 3.05) is 0 Å². The summed E-state index contributed by atoms with van der Waals surface area (Å²) in [6.07, 6.45) is 0. The Morgan fingerprint density at radius 1 is 0.321 bits per heavy atom. The van der Waals surface area contributed by atoms with Crippen LogP contribution in [0.4, 0.5) is 0 Å². The molecule has 0 spiro atoms. The molecule has 0 radical (unpaired) electrons. The van der Waals surface area contributed by atoms with E-state index < -0.39 is 0 Å². The number of fused-ring (bicyclic) bond motifs is 9. The van der Waals surface area contributed by atoms with Gasteiger partial charge in [-0.05, 0) is 105 Å². The van der Waals surface area contributed by atoms with Gasteiger partial charge in [-0.25, -0.2) is 0 Å². The predicted molar refractivity (Wildman–Crippen MR) is 224 cm³/mol. The molecule has 0 bridgehead atoms. The van der Waals surface area contributed by atoms with Gasteiger partial charge in [0.05, 0.1) is 22.1 Å². The third-order valence-corrected chi connectivity index (χ3v) is 11.7. The van der Waals surface area contributed by atoms with Crippen LogP contribution in [-0.4, -0.2) is 9.13 Å². The van der Waals surface area contributed by atoms with Crippen molar-refractivity contribution in [1.82, 2.24) is 9.13 Å². The molecule has 53 heavy (non-hydrogen) atoms. The van der Waals surface area contributed by atoms with Gasteiger partial charge in [-0.15, -0.1) is 0 Å². The molecule has 0 atom stereocenters. The van der Waals surface area contributed by atoms with Crippen LogP contribution in [0.25, 0.3) is 88.4 Å². The van der Waals surface area contributed by atoms with E-state index in [2.05, 4.69) is 205 Å². The van der Waals surface area contributed by atoms with Crippen molar-refractivity contribution >= 4 is 43.6 Å². The monoisotopic (exact) mass is 676 g/mol. The first-order chi connectivity index (χ1) is 26.0. The van der Waals surface area contributed by atoms with E-state index in [1.54, 1.807) is 0 Å². The predicted octanol–water partition coefficient (Wildman–Crippen LogP) is 13.5. The van der Waals surface area contributed by atoms with Crippen molar-refractivity contribution in [3.8, 4) is 44.8 Å². The lowest BCUT2D eigenvalue weighted by Gasteiger charge is -2.23. The minimum Gasteiger partial charge on any atom is -0.309 e. The topological polar surface area (TPSA) is 9.86 Å². The number of nitrogens with zero attached hydrogens (tertiary/aromatic N) is 2. The minimum absolute atomic E-state index is 0.147. The summed E-state index contributed by atoms with van der Waals surface area (Å²) in [6.45, 7) is 4.77. The molecule has 2 heterocycles.